The molecule has 170 valence electrons. The summed E-state index contributed by atoms with van der Waals surface area (Å²) in [5.74, 6) is -18.7. The van der Waals surface area contributed by atoms with Crippen LogP contribution in [0.5, 0.6) is 0 Å². The summed E-state index contributed by atoms with van der Waals surface area (Å²) in [6.45, 7) is 1.53. The zero-order valence-corrected chi connectivity index (χ0v) is 16.3. The molecule has 0 aliphatic carbocycles. The molecule has 0 fully saturated rings. The summed E-state index contributed by atoms with van der Waals surface area (Å²) in [6, 6.07) is 2.11. The molecule has 15 heteroatoms. The van der Waals surface area contributed by atoms with Gasteiger partial charge in [-0.2, -0.15) is 35.1 Å². The first-order valence-electron chi connectivity index (χ1n) is 7.68. The minimum atomic E-state index is -7.17. The van der Waals surface area contributed by atoms with Crippen LogP contribution >= 0.6 is 11.6 Å². The van der Waals surface area contributed by atoms with E-state index in [1.54, 1.807) is 0 Å². The summed E-state index contributed by atoms with van der Waals surface area (Å²) in [4.78, 5) is 10.0. The number of Topliss-reactive ketones (excluding diaryl/α,β-unsaturated/α-hetero) is 1. The number of alkyl halides is 9. The predicted molar refractivity (Wildman–Crippen MR) is 84.3 cm³/mol. The third-order valence-electron chi connectivity index (χ3n) is 4.23. The smallest absolute Gasteiger partial charge is 0.417 e. The molecule has 0 saturated heterocycles. The molecule has 2 heterocycles. The van der Waals surface area contributed by atoms with Crippen molar-refractivity contribution in [3.63, 3.8) is 0 Å². The van der Waals surface area contributed by atoms with E-state index in [2.05, 4.69) is 11.6 Å². The highest BCUT2D eigenvalue weighted by Crippen LogP contribution is 2.58. The Hall–Kier alpha value is -1.83. The van der Waals surface area contributed by atoms with Crippen molar-refractivity contribution in [3.8, 4) is 0 Å². The van der Waals surface area contributed by atoms with E-state index in [0.717, 1.165) is 25.3 Å². The number of rotatable bonds is 7. The third kappa shape index (κ3) is 3.27. The number of ketones is 1. The molecule has 2 atom stereocenters. The van der Waals surface area contributed by atoms with E-state index in [1.807, 2.05) is 0 Å². The third-order valence-corrected chi connectivity index (χ3v) is 6.52. The molecule has 0 N–H and O–H groups in total. The Balaban J connectivity index is 2.71. The minimum absolute atomic E-state index is 0.515. The second-order valence-corrected chi connectivity index (χ2v) is 8.66. The minimum Gasteiger partial charge on any atom is -0.485 e. The van der Waals surface area contributed by atoms with E-state index in [4.69, 9.17) is 9.15 Å². The van der Waals surface area contributed by atoms with Crippen molar-refractivity contribution < 1.29 is 57.5 Å². The molecule has 5 nitrogen and oxygen atoms in total. The van der Waals surface area contributed by atoms with Gasteiger partial charge in [-0.25, -0.2) is 8.42 Å². The molecule has 1 aliphatic rings. The van der Waals surface area contributed by atoms with Crippen molar-refractivity contribution in [2.24, 2.45) is 0 Å². The van der Waals surface area contributed by atoms with Crippen LogP contribution in [0.15, 0.2) is 33.5 Å². The summed E-state index contributed by atoms with van der Waals surface area (Å²) in [5.41, 5.74) is 0. The van der Waals surface area contributed by atoms with Crippen LogP contribution in [0.1, 0.15) is 25.5 Å². The van der Waals surface area contributed by atoms with Gasteiger partial charge in [0.1, 0.15) is 22.3 Å². The Morgan fingerprint density at radius 2 is 1.60 bits per heavy atom. The summed E-state index contributed by atoms with van der Waals surface area (Å²) >= 11 is 3.84. The highest BCUT2D eigenvalue weighted by Gasteiger charge is 2.84. The van der Waals surface area contributed by atoms with Crippen LogP contribution in [0.2, 0.25) is 0 Å². The topological polar surface area (TPSA) is 73.6 Å². The zero-order valence-electron chi connectivity index (χ0n) is 14.7. The SMILES string of the molecule is CC(=O)C1OC(C)=C(S(=O)(=O)C(F)(F)C(F)(F)C(F)(F)C(F)(F)Cl)C1c1ccco1. The maximum Gasteiger partial charge on any atom is 0.417 e. The lowest BCUT2D eigenvalue weighted by Crippen LogP contribution is -2.63. The van der Waals surface area contributed by atoms with Gasteiger partial charge >= 0.3 is 22.5 Å². The van der Waals surface area contributed by atoms with E-state index in [-0.39, 0.29) is 0 Å². The summed E-state index contributed by atoms with van der Waals surface area (Å²) in [5, 5.41) is -13.0. The van der Waals surface area contributed by atoms with Crippen molar-refractivity contribution in [2.75, 3.05) is 0 Å². The standard InChI is InChI=1S/C15H11ClF8O5S/c1-6(25)10-9(8-4-3-5-28-8)11(7(2)29-10)30(26,27)15(23,24)13(19,20)12(17,18)14(16,21)22/h3-5,9-10H,1-2H3. The number of hydrogen-bond acceptors (Lipinski definition) is 5. The fourth-order valence-corrected chi connectivity index (χ4v) is 4.62. The van der Waals surface area contributed by atoms with Crippen molar-refractivity contribution >= 4 is 27.2 Å². The first-order valence-corrected chi connectivity index (χ1v) is 9.54. The molecular weight excluding hydrogens is 480 g/mol. The van der Waals surface area contributed by atoms with Crippen LogP contribution in [-0.2, 0) is 19.4 Å². The summed E-state index contributed by atoms with van der Waals surface area (Å²) < 4.78 is 143. The molecule has 0 spiro atoms. The van der Waals surface area contributed by atoms with Gasteiger partial charge in [-0.3, -0.25) is 4.79 Å². The van der Waals surface area contributed by atoms with Crippen molar-refractivity contribution in [1.82, 2.24) is 0 Å². The average molecular weight is 491 g/mol. The normalized spacial score (nSPS) is 21.7. The Morgan fingerprint density at radius 1 is 1.07 bits per heavy atom. The number of carbonyl (C=O) groups is 1. The van der Waals surface area contributed by atoms with Crippen LogP contribution in [0.3, 0.4) is 0 Å². The van der Waals surface area contributed by atoms with Crippen molar-refractivity contribution in [1.29, 1.82) is 0 Å². The monoisotopic (exact) mass is 490 g/mol. The fraction of sp³-hybridized carbons (Fsp3) is 0.533. The molecule has 1 aromatic heterocycles. The predicted octanol–water partition coefficient (Wildman–Crippen LogP) is 4.69. The summed E-state index contributed by atoms with van der Waals surface area (Å²) in [7, 11) is -6.84. The second kappa shape index (κ2) is 7.11. The molecule has 0 bridgehead atoms. The van der Waals surface area contributed by atoms with Gasteiger partial charge in [-0.05, 0) is 37.6 Å². The fourth-order valence-electron chi connectivity index (χ4n) is 2.76. The van der Waals surface area contributed by atoms with Crippen molar-refractivity contribution in [3.05, 3.63) is 34.8 Å². The number of carbonyl (C=O) groups excluding carboxylic acids is 1. The highest BCUT2D eigenvalue weighted by molar-refractivity contribution is 7.96. The number of allylic oxidation sites excluding steroid dienone is 1. The van der Waals surface area contributed by atoms with Gasteiger partial charge in [0.25, 0.3) is 9.84 Å². The molecule has 1 aromatic rings. The first kappa shape index (κ1) is 24.4. The van der Waals surface area contributed by atoms with Gasteiger partial charge in [-0.15, -0.1) is 0 Å². The van der Waals surface area contributed by atoms with Crippen molar-refractivity contribution in [2.45, 2.75) is 48.4 Å². The molecule has 30 heavy (non-hydrogen) atoms. The first-order chi connectivity index (χ1) is 13.3. The van der Waals surface area contributed by atoms with Gasteiger partial charge < -0.3 is 9.15 Å². The molecule has 0 saturated carbocycles. The van der Waals surface area contributed by atoms with E-state index >= 15 is 0 Å². The second-order valence-electron chi connectivity index (χ2n) is 6.23. The van der Waals surface area contributed by atoms with Gasteiger partial charge in [0, 0.05) is 0 Å². The van der Waals surface area contributed by atoms with E-state index in [1.165, 1.54) is 0 Å². The average Bonchev–Trinajstić information content (AvgIpc) is 3.20. The van der Waals surface area contributed by atoms with Gasteiger partial charge in [0.2, 0.25) is 0 Å². The molecule has 0 amide bonds. The number of halogens is 9. The lowest BCUT2D eigenvalue weighted by molar-refractivity contribution is -0.326. The van der Waals surface area contributed by atoms with Crippen LogP contribution in [0.4, 0.5) is 35.1 Å². The molecule has 1 aliphatic heterocycles. The summed E-state index contributed by atoms with van der Waals surface area (Å²) in [6.07, 6.45) is -0.931. The Labute approximate surface area is 168 Å². The highest BCUT2D eigenvalue weighted by atomic mass is 35.5. The van der Waals surface area contributed by atoms with Crippen LogP contribution in [0.25, 0.3) is 0 Å². The van der Waals surface area contributed by atoms with Gasteiger partial charge in [-0.1, -0.05) is 0 Å². The molecule has 2 unspecified atom stereocenters. The number of ether oxygens (including phenoxy) is 1. The van der Waals surface area contributed by atoms with E-state index in [9.17, 15) is 48.3 Å². The number of sulfone groups is 1. The Kier molecular flexibility index (Phi) is 5.79. The largest absolute Gasteiger partial charge is 0.485 e. The van der Waals surface area contributed by atoms with Crippen LogP contribution in [0, 0.1) is 0 Å². The maximum atomic E-state index is 14.4. The maximum absolute atomic E-state index is 14.4. The quantitative estimate of drug-likeness (QED) is 0.409. The molecule has 2 rings (SSSR count). The number of furan rings is 1. The number of hydrogen-bond donors (Lipinski definition) is 0. The molecule has 0 aromatic carbocycles. The van der Waals surface area contributed by atoms with Gasteiger partial charge in [0.05, 0.1) is 6.26 Å². The lowest BCUT2D eigenvalue weighted by atomic mass is 9.97. The van der Waals surface area contributed by atoms with E-state index in [0.29, 0.717) is 6.92 Å². The van der Waals surface area contributed by atoms with Crippen LogP contribution < -0.4 is 0 Å². The van der Waals surface area contributed by atoms with Crippen LogP contribution in [-0.4, -0.2) is 42.8 Å². The molecular formula is C15H11ClF8O5S. The Morgan fingerprint density at radius 3 is 2.00 bits per heavy atom. The lowest BCUT2D eigenvalue weighted by Gasteiger charge is -2.34. The van der Waals surface area contributed by atoms with E-state index < -0.39 is 66.5 Å². The zero-order chi connectivity index (χ0) is 23.5. The van der Waals surface area contributed by atoms with Gasteiger partial charge in [0.15, 0.2) is 11.9 Å². The Bertz CT molecular complexity index is 966. The molecule has 0 radical (unpaired) electrons.